The summed E-state index contributed by atoms with van der Waals surface area (Å²) in [5.41, 5.74) is 5.99. The van der Waals surface area contributed by atoms with Crippen molar-refractivity contribution in [1.29, 1.82) is 0 Å². The molecule has 0 unspecified atom stereocenters. The van der Waals surface area contributed by atoms with E-state index in [1.807, 2.05) is 19.9 Å². The summed E-state index contributed by atoms with van der Waals surface area (Å²) in [6.07, 6.45) is 7.55. The molecular formula is C18H25NV. The number of rotatable bonds is 4. The van der Waals surface area contributed by atoms with Crippen LogP contribution in [0.3, 0.4) is 0 Å². The van der Waals surface area contributed by atoms with Crippen molar-refractivity contribution < 1.29 is 18.6 Å². The van der Waals surface area contributed by atoms with Crippen molar-refractivity contribution in [2.45, 2.75) is 35.1 Å². The summed E-state index contributed by atoms with van der Waals surface area (Å²) in [6.45, 7) is 12.0. The molecule has 0 aliphatic heterocycles. The fraction of sp³-hybridized carbons (Fsp3) is 0.278. The van der Waals surface area contributed by atoms with Gasteiger partial charge in [-0.2, -0.15) is 0 Å². The molecule has 1 nitrogen and oxygen atoms in total. The van der Waals surface area contributed by atoms with Gasteiger partial charge in [-0.25, -0.2) is 0 Å². The first-order chi connectivity index (χ1) is 8.65. The van der Waals surface area contributed by atoms with Crippen molar-refractivity contribution in [3.05, 3.63) is 65.4 Å². The zero-order valence-corrected chi connectivity index (χ0v) is 13.5. The molecule has 2 heteroatoms. The Bertz CT molecular complexity index is 522. The molecule has 0 bridgehead atoms. The van der Waals surface area contributed by atoms with E-state index in [0.717, 1.165) is 11.3 Å². The maximum Gasteiger partial charge on any atom is 0.0662 e. The third kappa shape index (κ3) is 4.99. The van der Waals surface area contributed by atoms with Crippen LogP contribution in [0.5, 0.6) is 0 Å². The number of benzene rings is 1. The summed E-state index contributed by atoms with van der Waals surface area (Å²) < 4.78 is 0. The van der Waals surface area contributed by atoms with Gasteiger partial charge in [0.2, 0.25) is 0 Å². The van der Waals surface area contributed by atoms with Gasteiger partial charge < -0.3 is 0 Å². The minimum absolute atomic E-state index is 0. The molecule has 1 aromatic rings. The summed E-state index contributed by atoms with van der Waals surface area (Å²) in [7, 11) is 0. The van der Waals surface area contributed by atoms with E-state index in [9.17, 15) is 0 Å². The first-order valence-corrected chi connectivity index (χ1v) is 6.20. The molecule has 1 aromatic carbocycles. The van der Waals surface area contributed by atoms with Crippen molar-refractivity contribution in [1.82, 2.24) is 0 Å². The average molecular weight is 306 g/mol. The first kappa shape index (κ1) is 21.0. The van der Waals surface area contributed by atoms with Gasteiger partial charge in [-0.15, -0.1) is 0 Å². The number of aryl methyl sites for hydroxylation is 1. The van der Waals surface area contributed by atoms with Gasteiger partial charge in [-0.05, 0) is 44.4 Å². The van der Waals surface area contributed by atoms with Crippen molar-refractivity contribution in [3.8, 4) is 0 Å². The Balaban J connectivity index is 0. The molecule has 107 valence electrons. The largest absolute Gasteiger partial charge is 0.257 e. The molecule has 0 saturated heterocycles. The van der Waals surface area contributed by atoms with Gasteiger partial charge in [0.25, 0.3) is 0 Å². The molecule has 0 saturated carbocycles. The molecule has 20 heavy (non-hydrogen) atoms. The second kappa shape index (κ2) is 10.5. The second-order valence-electron chi connectivity index (χ2n) is 4.14. The zero-order valence-electron chi connectivity index (χ0n) is 12.1. The molecule has 0 spiro atoms. The predicted octanol–water partition coefficient (Wildman–Crippen LogP) is 5.50. The predicted molar refractivity (Wildman–Crippen MR) is 88.7 cm³/mol. The maximum atomic E-state index is 4.43. The normalized spacial score (nSPS) is 11.8. The standard InChI is InChI=1S/C17H21N.CH4.V/c1-6-12-18-17(8-3)15(7-2)16-11-9-10-13(4)14(16)5;;/h6-12H,1H2,2-5H3;1H4;/b15-7-,17-8-,18-12?;;. The van der Waals surface area contributed by atoms with Gasteiger partial charge in [-0.3, -0.25) is 4.99 Å². The van der Waals surface area contributed by atoms with Crippen LogP contribution >= 0.6 is 0 Å². The van der Waals surface area contributed by atoms with Crippen LogP contribution in [0.25, 0.3) is 5.57 Å². The fourth-order valence-electron chi connectivity index (χ4n) is 1.92. The van der Waals surface area contributed by atoms with Crippen molar-refractivity contribution in [2.24, 2.45) is 4.99 Å². The van der Waals surface area contributed by atoms with Crippen LogP contribution in [-0.4, -0.2) is 6.21 Å². The van der Waals surface area contributed by atoms with E-state index in [2.05, 4.69) is 49.7 Å². The Labute approximate surface area is 136 Å². The summed E-state index contributed by atoms with van der Waals surface area (Å²) in [4.78, 5) is 4.43. The molecule has 0 aliphatic carbocycles. The van der Waals surface area contributed by atoms with Crippen LogP contribution < -0.4 is 0 Å². The van der Waals surface area contributed by atoms with Crippen LogP contribution in [0.2, 0.25) is 0 Å². The minimum atomic E-state index is 0. The molecule has 0 aliphatic rings. The van der Waals surface area contributed by atoms with Gasteiger partial charge >= 0.3 is 0 Å². The first-order valence-electron chi connectivity index (χ1n) is 6.20. The van der Waals surface area contributed by atoms with E-state index in [-0.39, 0.29) is 26.0 Å². The Morgan fingerprint density at radius 2 is 1.80 bits per heavy atom. The zero-order chi connectivity index (χ0) is 13.5. The van der Waals surface area contributed by atoms with E-state index >= 15 is 0 Å². The van der Waals surface area contributed by atoms with E-state index in [4.69, 9.17) is 0 Å². The van der Waals surface area contributed by atoms with Crippen LogP contribution in [0.1, 0.15) is 38.0 Å². The van der Waals surface area contributed by atoms with Crippen LogP contribution in [-0.2, 0) is 18.6 Å². The topological polar surface area (TPSA) is 12.4 Å². The van der Waals surface area contributed by atoms with Crippen molar-refractivity contribution in [2.75, 3.05) is 0 Å². The Kier molecular flexibility index (Phi) is 11.0. The molecule has 1 rings (SSSR count). The molecule has 0 fully saturated rings. The molecular weight excluding hydrogens is 281 g/mol. The summed E-state index contributed by atoms with van der Waals surface area (Å²) in [6, 6.07) is 6.37. The summed E-state index contributed by atoms with van der Waals surface area (Å²) in [5, 5.41) is 0. The van der Waals surface area contributed by atoms with Gasteiger partial charge in [0.1, 0.15) is 0 Å². The Morgan fingerprint density at radius 1 is 1.15 bits per heavy atom. The Hall–Kier alpha value is -1.31. The van der Waals surface area contributed by atoms with Gasteiger partial charge in [0.15, 0.2) is 0 Å². The SMILES string of the molecule is C.C=CC=NC(=C\C)/C(=C\C)c1cccc(C)c1C.[V]. The molecule has 1 radical (unpaired) electrons. The van der Waals surface area contributed by atoms with Crippen LogP contribution in [0, 0.1) is 13.8 Å². The maximum absolute atomic E-state index is 4.43. The van der Waals surface area contributed by atoms with Crippen LogP contribution in [0.15, 0.2) is 53.7 Å². The average Bonchev–Trinajstić information content (AvgIpc) is 2.38. The molecule has 0 N–H and O–H groups in total. The molecule has 0 amide bonds. The summed E-state index contributed by atoms with van der Waals surface area (Å²) >= 11 is 0. The Morgan fingerprint density at radius 3 is 2.30 bits per heavy atom. The number of hydrogen-bond donors (Lipinski definition) is 0. The fourth-order valence-corrected chi connectivity index (χ4v) is 1.92. The van der Waals surface area contributed by atoms with Crippen molar-refractivity contribution in [3.63, 3.8) is 0 Å². The van der Waals surface area contributed by atoms with Gasteiger partial charge in [0.05, 0.1) is 5.70 Å². The summed E-state index contributed by atoms with van der Waals surface area (Å²) in [5.74, 6) is 0. The number of aliphatic imine (C=N–C) groups is 1. The molecule has 0 aromatic heterocycles. The third-order valence-electron chi connectivity index (χ3n) is 3.05. The van der Waals surface area contributed by atoms with E-state index < -0.39 is 0 Å². The number of hydrogen-bond acceptors (Lipinski definition) is 1. The van der Waals surface area contributed by atoms with Gasteiger partial charge in [-0.1, -0.05) is 50.4 Å². The molecule has 0 atom stereocenters. The van der Waals surface area contributed by atoms with E-state index in [1.54, 1.807) is 12.3 Å². The van der Waals surface area contributed by atoms with E-state index in [0.29, 0.717) is 0 Å². The number of nitrogens with zero attached hydrogens (tertiary/aromatic N) is 1. The van der Waals surface area contributed by atoms with Gasteiger partial charge in [0, 0.05) is 30.3 Å². The number of allylic oxidation sites excluding steroid dienone is 4. The van der Waals surface area contributed by atoms with Crippen LogP contribution in [0.4, 0.5) is 0 Å². The third-order valence-corrected chi connectivity index (χ3v) is 3.05. The quantitative estimate of drug-likeness (QED) is 0.514. The molecule has 0 heterocycles. The van der Waals surface area contributed by atoms with E-state index in [1.165, 1.54) is 16.7 Å². The second-order valence-corrected chi connectivity index (χ2v) is 4.14. The smallest absolute Gasteiger partial charge is 0.0662 e. The minimum Gasteiger partial charge on any atom is -0.257 e. The monoisotopic (exact) mass is 306 g/mol. The van der Waals surface area contributed by atoms with Crippen molar-refractivity contribution >= 4 is 11.8 Å².